The number of likely N-dealkylation sites (N-methyl/N-ethyl adjacent to an activating group) is 1. The predicted molar refractivity (Wildman–Crippen MR) is 84.0 cm³/mol. The van der Waals surface area contributed by atoms with Crippen LogP contribution >= 0.6 is 0 Å². The Morgan fingerprint density at radius 2 is 2.29 bits per heavy atom. The van der Waals surface area contributed by atoms with E-state index in [0.717, 1.165) is 38.0 Å². The predicted octanol–water partition coefficient (Wildman–Crippen LogP) is 1.10. The van der Waals surface area contributed by atoms with Crippen molar-refractivity contribution in [2.75, 3.05) is 32.6 Å². The number of anilines is 1. The maximum atomic E-state index is 12.7. The zero-order valence-electron chi connectivity index (χ0n) is 13.1. The molecule has 6 heteroatoms. The summed E-state index contributed by atoms with van der Waals surface area (Å²) in [6, 6.07) is 4.02. The van der Waals surface area contributed by atoms with E-state index < -0.39 is 0 Å². The fourth-order valence-electron chi connectivity index (χ4n) is 2.71. The first-order valence-corrected chi connectivity index (χ1v) is 7.48. The van der Waals surface area contributed by atoms with Gasteiger partial charge >= 0.3 is 0 Å². The number of likely N-dealkylation sites (tertiary alicyclic amines) is 1. The number of nitrogens with zero attached hydrogens (tertiary/aromatic N) is 3. The third kappa shape index (κ3) is 3.71. The molecule has 3 N–H and O–H groups in total. The van der Waals surface area contributed by atoms with Crippen molar-refractivity contribution >= 4 is 11.7 Å². The van der Waals surface area contributed by atoms with E-state index in [1.807, 2.05) is 17.9 Å². The highest BCUT2D eigenvalue weighted by molar-refractivity contribution is 5.95. The van der Waals surface area contributed by atoms with Crippen molar-refractivity contribution in [3.63, 3.8) is 0 Å². The van der Waals surface area contributed by atoms with Gasteiger partial charge in [-0.15, -0.1) is 0 Å². The van der Waals surface area contributed by atoms with Crippen LogP contribution in [0.25, 0.3) is 0 Å². The van der Waals surface area contributed by atoms with Crippen LogP contribution in [-0.2, 0) is 6.42 Å². The maximum absolute atomic E-state index is 12.7. The van der Waals surface area contributed by atoms with Gasteiger partial charge in [0.1, 0.15) is 5.82 Å². The number of pyridine rings is 1. The van der Waals surface area contributed by atoms with E-state index >= 15 is 0 Å². The zero-order valence-corrected chi connectivity index (χ0v) is 13.1. The number of carbonyl (C=O) groups is 1. The topological polar surface area (TPSA) is 74.5 Å². The third-order valence-corrected chi connectivity index (χ3v) is 4.05. The summed E-state index contributed by atoms with van der Waals surface area (Å²) in [4.78, 5) is 21.2. The number of carbonyl (C=O) groups excluding carboxylic acids is 1. The van der Waals surface area contributed by atoms with Crippen LogP contribution in [0.15, 0.2) is 12.1 Å². The molecule has 1 aliphatic rings. The Morgan fingerprint density at radius 1 is 1.52 bits per heavy atom. The number of aromatic nitrogens is 1. The molecule has 0 saturated carbocycles. The van der Waals surface area contributed by atoms with Crippen LogP contribution in [0.2, 0.25) is 0 Å². The molecular weight excluding hydrogens is 266 g/mol. The van der Waals surface area contributed by atoms with Gasteiger partial charge in [0.25, 0.3) is 5.91 Å². The third-order valence-electron chi connectivity index (χ3n) is 4.05. The van der Waals surface area contributed by atoms with Crippen molar-refractivity contribution in [3.8, 4) is 0 Å². The molecule has 1 unspecified atom stereocenters. The molecule has 1 aromatic rings. The molecule has 1 aromatic heterocycles. The first-order valence-electron chi connectivity index (χ1n) is 7.48. The molecule has 0 aliphatic carbocycles. The van der Waals surface area contributed by atoms with E-state index in [0.29, 0.717) is 17.4 Å². The molecule has 0 radical (unpaired) electrons. The lowest BCUT2D eigenvalue weighted by molar-refractivity contribution is 0.0635. The first kappa shape index (κ1) is 15.7. The summed E-state index contributed by atoms with van der Waals surface area (Å²) in [6.07, 6.45) is 2.96. The Hall–Kier alpha value is -1.66. The lowest BCUT2D eigenvalue weighted by atomic mass is 10.0. The monoisotopic (exact) mass is 291 g/mol. The van der Waals surface area contributed by atoms with Crippen LogP contribution in [-0.4, -0.2) is 53.9 Å². The molecule has 0 aromatic carbocycles. The number of hydrazine groups is 1. The molecule has 6 nitrogen and oxygen atoms in total. The summed E-state index contributed by atoms with van der Waals surface area (Å²) in [5, 5.41) is 0. The van der Waals surface area contributed by atoms with E-state index in [4.69, 9.17) is 5.84 Å². The second-order valence-corrected chi connectivity index (χ2v) is 5.74. The van der Waals surface area contributed by atoms with E-state index in [-0.39, 0.29) is 5.91 Å². The summed E-state index contributed by atoms with van der Waals surface area (Å²) in [7, 11) is 4.13. The standard InChI is InChI=1S/C15H25N5O/c1-4-12-8-11(9-14(17-12)18-16)15(21)20-7-5-6-13(10-20)19(2)3/h8-9,13H,4-7,10,16H2,1-3H3,(H,17,18). The van der Waals surface area contributed by atoms with Gasteiger partial charge in [-0.2, -0.15) is 0 Å². The van der Waals surface area contributed by atoms with Gasteiger partial charge in [0.2, 0.25) is 0 Å². The van der Waals surface area contributed by atoms with Crippen LogP contribution in [0.3, 0.4) is 0 Å². The van der Waals surface area contributed by atoms with Gasteiger partial charge in [0.15, 0.2) is 0 Å². The van der Waals surface area contributed by atoms with Gasteiger partial charge in [-0.3, -0.25) is 4.79 Å². The number of hydrogen-bond acceptors (Lipinski definition) is 5. The Balaban J connectivity index is 2.19. The van der Waals surface area contributed by atoms with Crippen LogP contribution in [0, 0.1) is 0 Å². The molecular formula is C15H25N5O. The molecule has 1 atom stereocenters. The van der Waals surface area contributed by atoms with Gasteiger partial charge in [-0.1, -0.05) is 6.92 Å². The van der Waals surface area contributed by atoms with E-state index in [2.05, 4.69) is 29.4 Å². The quantitative estimate of drug-likeness (QED) is 0.642. The molecule has 0 spiro atoms. The minimum Gasteiger partial charge on any atom is -0.337 e. The summed E-state index contributed by atoms with van der Waals surface area (Å²) in [5.74, 6) is 6.04. The number of rotatable bonds is 4. The minimum absolute atomic E-state index is 0.0650. The van der Waals surface area contributed by atoms with E-state index in [1.165, 1.54) is 0 Å². The highest BCUT2D eigenvalue weighted by atomic mass is 16.2. The van der Waals surface area contributed by atoms with Gasteiger partial charge in [0, 0.05) is 30.4 Å². The average Bonchev–Trinajstić information content (AvgIpc) is 2.53. The number of nitrogens with one attached hydrogen (secondary N) is 1. The summed E-state index contributed by atoms with van der Waals surface area (Å²) < 4.78 is 0. The van der Waals surface area contributed by atoms with Crippen LogP contribution in [0.4, 0.5) is 5.82 Å². The second-order valence-electron chi connectivity index (χ2n) is 5.74. The highest BCUT2D eigenvalue weighted by Gasteiger charge is 2.26. The van der Waals surface area contributed by atoms with Crippen molar-refractivity contribution in [2.45, 2.75) is 32.2 Å². The van der Waals surface area contributed by atoms with Gasteiger partial charge in [-0.05, 0) is 45.5 Å². The SMILES string of the molecule is CCc1cc(C(=O)N2CCCC(N(C)C)C2)cc(NN)n1. The van der Waals surface area contributed by atoms with Crippen LogP contribution in [0.1, 0.15) is 35.8 Å². The van der Waals surface area contributed by atoms with Crippen molar-refractivity contribution in [1.29, 1.82) is 0 Å². The Bertz CT molecular complexity index is 481. The van der Waals surface area contributed by atoms with E-state index in [1.54, 1.807) is 6.07 Å². The molecule has 1 fully saturated rings. The van der Waals surface area contributed by atoms with Crippen LogP contribution in [0.5, 0.6) is 0 Å². The van der Waals surface area contributed by atoms with Crippen molar-refractivity contribution in [2.24, 2.45) is 5.84 Å². The smallest absolute Gasteiger partial charge is 0.254 e. The fraction of sp³-hybridized carbons (Fsp3) is 0.600. The second kappa shape index (κ2) is 6.87. The highest BCUT2D eigenvalue weighted by Crippen LogP contribution is 2.18. The molecule has 1 saturated heterocycles. The molecule has 2 rings (SSSR count). The maximum Gasteiger partial charge on any atom is 0.254 e. The number of amides is 1. The lowest BCUT2D eigenvalue weighted by Gasteiger charge is -2.36. The number of aryl methyl sites for hydroxylation is 1. The van der Waals surface area contributed by atoms with Gasteiger partial charge in [-0.25, -0.2) is 10.8 Å². The Morgan fingerprint density at radius 3 is 2.90 bits per heavy atom. The van der Waals surface area contributed by atoms with Crippen LogP contribution < -0.4 is 11.3 Å². The van der Waals surface area contributed by atoms with Crippen molar-refractivity contribution in [1.82, 2.24) is 14.8 Å². The molecule has 116 valence electrons. The first-order chi connectivity index (χ1) is 10.0. The van der Waals surface area contributed by atoms with Gasteiger partial charge < -0.3 is 15.2 Å². The molecule has 0 bridgehead atoms. The normalized spacial score (nSPS) is 18.9. The molecule has 2 heterocycles. The van der Waals surface area contributed by atoms with Gasteiger partial charge in [0.05, 0.1) is 0 Å². The van der Waals surface area contributed by atoms with Crippen molar-refractivity contribution < 1.29 is 4.79 Å². The lowest BCUT2D eigenvalue weighted by Crippen LogP contribution is -2.47. The Kier molecular flexibility index (Phi) is 5.14. The largest absolute Gasteiger partial charge is 0.337 e. The van der Waals surface area contributed by atoms with Crippen molar-refractivity contribution in [3.05, 3.63) is 23.4 Å². The molecule has 1 amide bonds. The number of piperidine rings is 1. The minimum atomic E-state index is 0.0650. The number of nitrogens with two attached hydrogens (primary N) is 1. The number of hydrogen-bond donors (Lipinski definition) is 2. The number of nitrogen functional groups attached to an aromatic ring is 1. The summed E-state index contributed by atoms with van der Waals surface area (Å²) in [5.41, 5.74) is 4.07. The Labute approximate surface area is 126 Å². The fourth-order valence-corrected chi connectivity index (χ4v) is 2.71. The molecule has 1 aliphatic heterocycles. The average molecular weight is 291 g/mol. The zero-order chi connectivity index (χ0) is 15.4. The van der Waals surface area contributed by atoms with E-state index in [9.17, 15) is 4.79 Å². The summed E-state index contributed by atoms with van der Waals surface area (Å²) >= 11 is 0. The summed E-state index contributed by atoms with van der Waals surface area (Å²) in [6.45, 7) is 3.61. The molecule has 21 heavy (non-hydrogen) atoms.